The van der Waals surface area contributed by atoms with E-state index in [0.717, 1.165) is 32.4 Å². The van der Waals surface area contributed by atoms with Crippen LogP contribution in [0.4, 0.5) is 0 Å². The number of aromatic nitrogens is 1. The molecular formula is C25H36N4O7. The Hall–Kier alpha value is -2.99. The quantitative estimate of drug-likeness (QED) is 0.324. The summed E-state index contributed by atoms with van der Waals surface area (Å²) in [7, 11) is 1.43. The van der Waals surface area contributed by atoms with Crippen molar-refractivity contribution in [3.05, 3.63) is 35.5 Å². The molecule has 5 rings (SSSR count). The largest absolute Gasteiger partial charge is 0.480 e. The number of aliphatic carboxylic acids is 2. The van der Waals surface area contributed by atoms with Gasteiger partial charge in [-0.05, 0) is 49.1 Å². The number of carboxylic acid groups (broad SMARTS) is 2. The first-order valence-electron chi connectivity index (χ1n) is 12.1. The van der Waals surface area contributed by atoms with Gasteiger partial charge >= 0.3 is 17.9 Å². The number of nitrogens with one attached hydrogen (secondary N) is 1. The minimum absolute atomic E-state index is 0.199. The molecular weight excluding hydrogens is 468 g/mol. The van der Waals surface area contributed by atoms with Gasteiger partial charge in [-0.25, -0.2) is 0 Å². The van der Waals surface area contributed by atoms with Crippen LogP contribution in [0, 0.1) is 17.8 Å². The van der Waals surface area contributed by atoms with E-state index in [9.17, 15) is 19.5 Å². The zero-order valence-electron chi connectivity index (χ0n) is 20.4. The molecule has 1 saturated heterocycles. The van der Waals surface area contributed by atoms with Crippen LogP contribution in [0.25, 0.3) is 10.9 Å². The number of esters is 1. The molecule has 0 amide bonds. The molecule has 11 heteroatoms. The van der Waals surface area contributed by atoms with Crippen LogP contribution in [0.2, 0.25) is 0 Å². The lowest BCUT2D eigenvalue weighted by molar-refractivity contribution is -0.160. The van der Waals surface area contributed by atoms with Gasteiger partial charge in [0.2, 0.25) is 0 Å². The summed E-state index contributed by atoms with van der Waals surface area (Å²) in [6, 6.07) is 8.83. The highest BCUT2D eigenvalue weighted by molar-refractivity contribution is 5.85. The Morgan fingerprint density at radius 2 is 1.75 bits per heavy atom. The van der Waals surface area contributed by atoms with Gasteiger partial charge in [-0.2, -0.15) is 0 Å². The number of benzene rings is 1. The van der Waals surface area contributed by atoms with Crippen LogP contribution in [0.3, 0.4) is 0 Å². The van der Waals surface area contributed by atoms with Gasteiger partial charge in [0, 0.05) is 29.7 Å². The molecule has 11 nitrogen and oxygen atoms in total. The highest BCUT2D eigenvalue weighted by Crippen LogP contribution is 2.49. The van der Waals surface area contributed by atoms with Crippen LogP contribution in [0.5, 0.6) is 0 Å². The van der Waals surface area contributed by atoms with Crippen molar-refractivity contribution in [2.75, 3.05) is 33.3 Å². The van der Waals surface area contributed by atoms with E-state index in [0.29, 0.717) is 18.4 Å². The van der Waals surface area contributed by atoms with Gasteiger partial charge in [-0.1, -0.05) is 18.2 Å². The first-order valence-corrected chi connectivity index (χ1v) is 12.1. The average molecular weight is 505 g/mol. The van der Waals surface area contributed by atoms with Crippen LogP contribution < -0.4 is 11.5 Å². The zero-order chi connectivity index (χ0) is 26.4. The van der Waals surface area contributed by atoms with E-state index in [1.807, 2.05) is 0 Å². The molecule has 3 heterocycles. The number of aliphatic hydroxyl groups is 1. The van der Waals surface area contributed by atoms with Crippen LogP contribution in [0.15, 0.2) is 24.3 Å². The fourth-order valence-electron chi connectivity index (χ4n) is 5.80. The Morgan fingerprint density at radius 3 is 2.36 bits per heavy atom. The number of fused-ring (bicyclic) bond motifs is 6. The van der Waals surface area contributed by atoms with Gasteiger partial charge in [-0.15, -0.1) is 0 Å². The summed E-state index contributed by atoms with van der Waals surface area (Å²) >= 11 is 0. The summed E-state index contributed by atoms with van der Waals surface area (Å²) in [4.78, 5) is 37.1. The molecule has 8 N–H and O–H groups in total. The molecule has 3 aliphatic rings. The van der Waals surface area contributed by atoms with Crippen molar-refractivity contribution in [2.24, 2.45) is 29.2 Å². The number of rotatable bonds is 3. The fourth-order valence-corrected chi connectivity index (χ4v) is 5.80. The van der Waals surface area contributed by atoms with Crippen molar-refractivity contribution >= 4 is 28.8 Å². The van der Waals surface area contributed by atoms with Gasteiger partial charge in [0.05, 0.1) is 38.3 Å². The molecule has 1 saturated carbocycles. The van der Waals surface area contributed by atoms with Crippen LogP contribution in [0.1, 0.15) is 36.6 Å². The third kappa shape index (κ3) is 6.04. The molecule has 198 valence electrons. The summed E-state index contributed by atoms with van der Waals surface area (Å²) in [5.41, 5.74) is 13.1. The molecule has 2 fully saturated rings. The molecule has 0 radical (unpaired) electrons. The molecule has 0 bridgehead atoms. The molecule has 1 aromatic heterocycles. The highest BCUT2D eigenvalue weighted by Gasteiger charge is 2.49. The number of carbonyl (C=O) groups is 3. The highest BCUT2D eigenvalue weighted by atomic mass is 16.5. The Labute approximate surface area is 209 Å². The second-order valence-corrected chi connectivity index (χ2v) is 9.37. The number of aromatic amines is 1. The zero-order valence-corrected chi connectivity index (χ0v) is 20.4. The van der Waals surface area contributed by atoms with E-state index in [1.165, 1.54) is 29.3 Å². The summed E-state index contributed by atoms with van der Waals surface area (Å²) in [5, 5.41) is 27.0. The number of piperidine rings is 1. The van der Waals surface area contributed by atoms with Gasteiger partial charge in [0.15, 0.2) is 0 Å². The number of nitrogens with zero attached hydrogens (tertiary/aromatic N) is 1. The minimum Gasteiger partial charge on any atom is -0.480 e. The van der Waals surface area contributed by atoms with Gasteiger partial charge in [0.25, 0.3) is 0 Å². The minimum atomic E-state index is -0.968. The molecule has 0 unspecified atom stereocenters. The first-order chi connectivity index (χ1) is 17.2. The summed E-state index contributed by atoms with van der Waals surface area (Å²) in [5.74, 6) is -1.88. The molecule has 1 aliphatic carbocycles. The van der Waals surface area contributed by atoms with E-state index < -0.39 is 18.0 Å². The SMILES string of the molecule is COC(=O)[C@@H]1[C@H]2C[C@H]3c4[nH]c5ccccc5c4CCN3C[C@@H]2CC[C@@H]1O.NCC(=O)O.NCC(=O)O. The number of H-pyrrole nitrogens is 1. The number of hydrogen-bond donors (Lipinski definition) is 6. The van der Waals surface area contributed by atoms with E-state index in [-0.39, 0.29) is 30.9 Å². The van der Waals surface area contributed by atoms with E-state index in [4.69, 9.17) is 14.9 Å². The predicted octanol–water partition coefficient (Wildman–Crippen LogP) is 0.707. The summed E-state index contributed by atoms with van der Waals surface area (Å²) < 4.78 is 5.04. The lowest BCUT2D eigenvalue weighted by atomic mass is 9.65. The summed E-state index contributed by atoms with van der Waals surface area (Å²) in [6.45, 7) is 1.54. The van der Waals surface area contributed by atoms with Gasteiger partial charge in [-0.3, -0.25) is 19.3 Å². The lowest BCUT2D eigenvalue weighted by Gasteiger charge is -2.50. The molecule has 2 aromatic rings. The van der Waals surface area contributed by atoms with Crippen LogP contribution in [-0.2, 0) is 25.5 Å². The molecule has 0 spiro atoms. The van der Waals surface area contributed by atoms with Gasteiger partial charge < -0.3 is 36.5 Å². The Balaban J connectivity index is 0.000000310. The molecule has 5 atom stereocenters. The number of ether oxygens (including phenoxy) is 1. The van der Waals surface area contributed by atoms with E-state index >= 15 is 0 Å². The van der Waals surface area contributed by atoms with Crippen molar-refractivity contribution in [1.82, 2.24) is 9.88 Å². The second-order valence-electron chi connectivity index (χ2n) is 9.37. The maximum Gasteiger partial charge on any atom is 0.317 e. The van der Waals surface area contributed by atoms with E-state index in [2.05, 4.69) is 45.6 Å². The van der Waals surface area contributed by atoms with Crippen molar-refractivity contribution in [1.29, 1.82) is 0 Å². The van der Waals surface area contributed by atoms with Crippen molar-refractivity contribution in [3.63, 3.8) is 0 Å². The average Bonchev–Trinajstić information content (AvgIpc) is 3.27. The topological polar surface area (TPSA) is 192 Å². The predicted molar refractivity (Wildman–Crippen MR) is 132 cm³/mol. The van der Waals surface area contributed by atoms with Crippen LogP contribution in [-0.4, -0.2) is 82.5 Å². The maximum atomic E-state index is 12.4. The monoisotopic (exact) mass is 504 g/mol. The Bertz CT molecular complexity index is 1060. The maximum absolute atomic E-state index is 12.4. The number of carboxylic acids is 2. The molecule has 1 aromatic carbocycles. The first kappa shape index (κ1) is 27.6. The van der Waals surface area contributed by atoms with Crippen molar-refractivity contribution in [2.45, 2.75) is 37.8 Å². The Kier molecular flexibility index (Phi) is 9.43. The van der Waals surface area contributed by atoms with E-state index in [1.54, 1.807) is 0 Å². The van der Waals surface area contributed by atoms with Crippen molar-refractivity contribution in [3.8, 4) is 0 Å². The number of carbonyl (C=O) groups excluding carboxylic acids is 1. The second kappa shape index (κ2) is 12.3. The number of hydrogen-bond acceptors (Lipinski definition) is 8. The Morgan fingerprint density at radius 1 is 1.11 bits per heavy atom. The molecule has 2 aliphatic heterocycles. The fraction of sp³-hybridized carbons (Fsp3) is 0.560. The summed E-state index contributed by atoms with van der Waals surface area (Å²) in [6.07, 6.45) is 3.14. The normalized spacial score (nSPS) is 26.6. The number of para-hydroxylation sites is 1. The van der Waals surface area contributed by atoms with Gasteiger partial charge in [0.1, 0.15) is 0 Å². The standard InChI is InChI=1S/C21H26N2O3.2C2H5NO2/c1-26-21(25)19-15-10-17-20-14(13-4-2-3-5-16(13)22-20)8-9-23(17)11-12(15)6-7-18(19)24;2*3-1-2(4)5/h2-5,12,15,17-19,22,24H,6-11H2,1H3;2*1,3H2,(H,4,5)/t12-,15-,17-,18-,19+;;/m0../s1. The third-order valence-corrected chi connectivity index (χ3v) is 7.37. The number of nitrogens with two attached hydrogens (primary N) is 2. The third-order valence-electron chi connectivity index (χ3n) is 7.37. The number of aliphatic hydroxyl groups excluding tert-OH is 1. The van der Waals surface area contributed by atoms with Crippen molar-refractivity contribution < 1.29 is 34.4 Å². The lowest BCUT2D eigenvalue weighted by Crippen LogP contribution is -2.53. The number of methoxy groups -OCH3 is 1. The van der Waals surface area contributed by atoms with Crippen LogP contribution >= 0.6 is 0 Å². The smallest absolute Gasteiger partial charge is 0.317 e. The molecule has 36 heavy (non-hydrogen) atoms.